The molecule has 0 radical (unpaired) electrons. The Labute approximate surface area is 218 Å². The van der Waals surface area contributed by atoms with Gasteiger partial charge >= 0.3 is 12.1 Å². The number of hydrogen-bond acceptors (Lipinski definition) is 7. The minimum atomic E-state index is -1.00. The number of amides is 2. The van der Waals surface area contributed by atoms with Crippen molar-refractivity contribution in [2.75, 3.05) is 7.11 Å². The van der Waals surface area contributed by atoms with E-state index in [9.17, 15) is 14.4 Å². The van der Waals surface area contributed by atoms with E-state index in [1.165, 1.54) is 18.4 Å². The second-order valence-electron chi connectivity index (χ2n) is 8.37. The number of benzene rings is 3. The number of nitrogens with zero attached hydrogens (tertiary/aromatic N) is 1. The van der Waals surface area contributed by atoms with Crippen molar-refractivity contribution in [3.05, 3.63) is 101 Å². The monoisotopic (exact) mass is 517 g/mol. The molecule has 1 aromatic heterocycles. The molecule has 2 atom stereocenters. The van der Waals surface area contributed by atoms with Crippen LogP contribution >= 0.6 is 11.3 Å². The predicted molar refractivity (Wildman–Crippen MR) is 141 cm³/mol. The SMILES string of the molecule is COC(=O)C(Cc1cscn1)NC(=O)C(Cc1cccc2ccccc12)NC(=O)OCc1ccccc1. The molecule has 4 aromatic rings. The van der Waals surface area contributed by atoms with Crippen LogP contribution < -0.4 is 10.6 Å². The number of thiazole rings is 1. The van der Waals surface area contributed by atoms with Crippen molar-refractivity contribution in [1.82, 2.24) is 15.6 Å². The highest BCUT2D eigenvalue weighted by Crippen LogP contribution is 2.20. The highest BCUT2D eigenvalue weighted by molar-refractivity contribution is 7.07. The number of carbonyl (C=O) groups is 3. The third kappa shape index (κ3) is 7.14. The Morgan fingerprint density at radius 3 is 2.41 bits per heavy atom. The van der Waals surface area contributed by atoms with E-state index in [4.69, 9.17) is 9.47 Å². The highest BCUT2D eigenvalue weighted by Gasteiger charge is 2.29. The van der Waals surface area contributed by atoms with Crippen LogP contribution in [0.4, 0.5) is 4.79 Å². The van der Waals surface area contributed by atoms with Gasteiger partial charge in [0.1, 0.15) is 18.7 Å². The molecule has 0 saturated heterocycles. The van der Waals surface area contributed by atoms with Crippen molar-refractivity contribution < 1.29 is 23.9 Å². The number of methoxy groups -OCH3 is 1. The molecule has 2 unspecified atom stereocenters. The van der Waals surface area contributed by atoms with Crippen molar-refractivity contribution in [3.63, 3.8) is 0 Å². The average molecular weight is 518 g/mol. The standard InChI is InChI=1S/C28H27N3O5S/c1-35-27(33)25(15-22-17-37-18-29-22)30-26(32)24(31-28(34)36-16-19-8-3-2-4-9-19)14-21-12-7-11-20-10-5-6-13-23(20)21/h2-13,17-18,24-25H,14-16H2,1H3,(H,30,32)(H,31,34). The second-order valence-corrected chi connectivity index (χ2v) is 9.09. The number of rotatable bonds is 10. The Balaban J connectivity index is 1.53. The molecule has 2 amide bonds. The molecular weight excluding hydrogens is 490 g/mol. The molecule has 1 heterocycles. The summed E-state index contributed by atoms with van der Waals surface area (Å²) >= 11 is 1.39. The highest BCUT2D eigenvalue weighted by atomic mass is 32.1. The molecule has 2 N–H and O–H groups in total. The van der Waals surface area contributed by atoms with E-state index in [1.807, 2.05) is 72.8 Å². The van der Waals surface area contributed by atoms with Gasteiger partial charge in [-0.1, -0.05) is 72.8 Å². The maximum atomic E-state index is 13.4. The topological polar surface area (TPSA) is 107 Å². The lowest BCUT2D eigenvalue weighted by atomic mass is 9.98. The number of ether oxygens (including phenoxy) is 2. The fourth-order valence-corrected chi connectivity index (χ4v) is 4.53. The number of hydrogen-bond donors (Lipinski definition) is 2. The van der Waals surface area contributed by atoms with Crippen molar-refractivity contribution in [3.8, 4) is 0 Å². The van der Waals surface area contributed by atoms with Crippen LogP contribution in [-0.2, 0) is 38.5 Å². The molecular formula is C28H27N3O5S. The smallest absolute Gasteiger partial charge is 0.408 e. The van der Waals surface area contributed by atoms with Crippen LogP contribution in [0.3, 0.4) is 0 Å². The lowest BCUT2D eigenvalue weighted by Crippen LogP contribution is -2.53. The Morgan fingerprint density at radius 1 is 0.892 bits per heavy atom. The van der Waals surface area contributed by atoms with Crippen LogP contribution in [0, 0.1) is 0 Å². The summed E-state index contributed by atoms with van der Waals surface area (Å²) in [7, 11) is 1.26. The molecule has 0 aliphatic rings. The number of aromatic nitrogens is 1. The van der Waals surface area contributed by atoms with E-state index in [1.54, 1.807) is 10.9 Å². The van der Waals surface area contributed by atoms with Gasteiger partial charge in [-0.2, -0.15) is 0 Å². The molecule has 8 nitrogen and oxygen atoms in total. The fourth-order valence-electron chi connectivity index (χ4n) is 3.96. The summed E-state index contributed by atoms with van der Waals surface area (Å²) in [5, 5.41) is 9.20. The lowest BCUT2D eigenvalue weighted by molar-refractivity contribution is -0.145. The van der Waals surface area contributed by atoms with E-state index < -0.39 is 30.1 Å². The Kier molecular flexibility index (Phi) is 8.83. The first-order valence-corrected chi connectivity index (χ1v) is 12.7. The van der Waals surface area contributed by atoms with Gasteiger partial charge in [0.2, 0.25) is 5.91 Å². The molecule has 3 aromatic carbocycles. The summed E-state index contributed by atoms with van der Waals surface area (Å²) in [4.78, 5) is 42.8. The van der Waals surface area contributed by atoms with Gasteiger partial charge in [-0.25, -0.2) is 14.6 Å². The minimum Gasteiger partial charge on any atom is -0.467 e. The average Bonchev–Trinajstić information content (AvgIpc) is 3.44. The zero-order chi connectivity index (χ0) is 26.0. The molecule has 0 aliphatic carbocycles. The van der Waals surface area contributed by atoms with Gasteiger partial charge < -0.3 is 20.1 Å². The molecule has 190 valence electrons. The zero-order valence-electron chi connectivity index (χ0n) is 20.3. The first kappa shape index (κ1) is 25.8. The molecule has 0 spiro atoms. The first-order valence-electron chi connectivity index (χ1n) is 11.7. The van der Waals surface area contributed by atoms with Crippen LogP contribution in [0.15, 0.2) is 83.7 Å². The summed E-state index contributed by atoms with van der Waals surface area (Å²) < 4.78 is 10.3. The van der Waals surface area contributed by atoms with Crippen LogP contribution in [0.25, 0.3) is 10.8 Å². The Morgan fingerprint density at radius 2 is 1.65 bits per heavy atom. The summed E-state index contributed by atoms with van der Waals surface area (Å²) in [6, 6.07) is 20.9. The number of alkyl carbamates (subject to hydrolysis) is 1. The van der Waals surface area contributed by atoms with Gasteiger partial charge in [-0.15, -0.1) is 11.3 Å². The predicted octanol–water partition coefficient (Wildman–Crippen LogP) is 4.03. The van der Waals surface area contributed by atoms with E-state index >= 15 is 0 Å². The van der Waals surface area contributed by atoms with Crippen molar-refractivity contribution in [1.29, 1.82) is 0 Å². The maximum absolute atomic E-state index is 13.4. The second kappa shape index (κ2) is 12.6. The van der Waals surface area contributed by atoms with Crippen LogP contribution in [0.2, 0.25) is 0 Å². The minimum absolute atomic E-state index is 0.0594. The van der Waals surface area contributed by atoms with Gasteiger partial charge in [0.15, 0.2) is 0 Å². The first-order chi connectivity index (χ1) is 18.0. The molecule has 4 rings (SSSR count). The number of esters is 1. The van der Waals surface area contributed by atoms with Crippen LogP contribution in [-0.4, -0.2) is 42.1 Å². The Bertz CT molecular complexity index is 1340. The summed E-state index contributed by atoms with van der Waals surface area (Å²) in [6.45, 7) is 0.0594. The third-order valence-corrected chi connectivity index (χ3v) is 6.46. The Hall–Kier alpha value is -4.24. The lowest BCUT2D eigenvalue weighted by Gasteiger charge is -2.22. The van der Waals surface area contributed by atoms with Crippen molar-refractivity contribution in [2.24, 2.45) is 0 Å². The van der Waals surface area contributed by atoms with Gasteiger partial charge in [-0.05, 0) is 21.9 Å². The van der Waals surface area contributed by atoms with Crippen LogP contribution in [0.1, 0.15) is 16.8 Å². The quantitative estimate of drug-likeness (QED) is 0.308. The van der Waals surface area contributed by atoms with E-state index in [0.29, 0.717) is 5.69 Å². The molecule has 0 aliphatic heterocycles. The van der Waals surface area contributed by atoms with Gasteiger partial charge in [0, 0.05) is 18.2 Å². The summed E-state index contributed by atoms with van der Waals surface area (Å²) in [5.74, 6) is -1.13. The molecule has 9 heteroatoms. The van der Waals surface area contributed by atoms with E-state index in [2.05, 4.69) is 15.6 Å². The van der Waals surface area contributed by atoms with E-state index in [0.717, 1.165) is 21.9 Å². The molecule has 0 bridgehead atoms. The number of fused-ring (bicyclic) bond motifs is 1. The van der Waals surface area contributed by atoms with Crippen molar-refractivity contribution in [2.45, 2.75) is 31.5 Å². The summed E-state index contributed by atoms with van der Waals surface area (Å²) in [6.07, 6.45) is -0.377. The van der Waals surface area contributed by atoms with Crippen molar-refractivity contribution >= 4 is 40.1 Å². The fraction of sp³-hybridized carbons (Fsp3) is 0.214. The number of nitrogens with one attached hydrogen (secondary N) is 2. The van der Waals surface area contributed by atoms with Crippen LogP contribution in [0.5, 0.6) is 0 Å². The zero-order valence-corrected chi connectivity index (χ0v) is 21.1. The molecule has 0 saturated carbocycles. The van der Waals surface area contributed by atoms with Gasteiger partial charge in [-0.3, -0.25) is 4.79 Å². The molecule has 37 heavy (non-hydrogen) atoms. The summed E-state index contributed by atoms with van der Waals surface area (Å²) in [5.41, 5.74) is 4.00. The third-order valence-electron chi connectivity index (χ3n) is 5.82. The van der Waals surface area contributed by atoms with E-state index in [-0.39, 0.29) is 19.4 Å². The normalized spacial score (nSPS) is 12.4. The van der Waals surface area contributed by atoms with Gasteiger partial charge in [0.05, 0.1) is 18.3 Å². The molecule has 0 fully saturated rings. The van der Waals surface area contributed by atoms with Gasteiger partial charge in [0.25, 0.3) is 0 Å². The largest absolute Gasteiger partial charge is 0.467 e. The maximum Gasteiger partial charge on any atom is 0.408 e. The number of carbonyl (C=O) groups excluding carboxylic acids is 3.